The maximum atomic E-state index is 14.9. The lowest BCUT2D eigenvalue weighted by Gasteiger charge is -2.21. The first-order valence-corrected chi connectivity index (χ1v) is 12.5. The van der Waals surface area contributed by atoms with Crippen LogP contribution in [0.5, 0.6) is 0 Å². The molecule has 3 aromatic rings. The smallest absolute Gasteiger partial charge is 0.298 e. The fourth-order valence-electron chi connectivity index (χ4n) is 4.08. The van der Waals surface area contributed by atoms with Crippen LogP contribution in [0.2, 0.25) is 0 Å². The Balaban J connectivity index is 1.74. The number of benzene rings is 1. The summed E-state index contributed by atoms with van der Waals surface area (Å²) in [6, 6.07) is 4.70. The van der Waals surface area contributed by atoms with Crippen LogP contribution in [0.15, 0.2) is 30.5 Å². The molecule has 0 spiro atoms. The van der Waals surface area contributed by atoms with Crippen molar-refractivity contribution in [1.29, 1.82) is 0 Å². The molecule has 0 unspecified atom stereocenters. The molecule has 1 saturated heterocycles. The Morgan fingerprint density at radius 3 is 2.66 bits per heavy atom. The predicted molar refractivity (Wildman–Crippen MR) is 118 cm³/mol. The highest BCUT2D eigenvalue weighted by Crippen LogP contribution is 2.50. The first-order valence-electron chi connectivity index (χ1n) is 10.4. The number of aliphatic hydroxyl groups excluding tert-OH is 1. The van der Waals surface area contributed by atoms with Crippen LogP contribution in [-0.4, -0.2) is 39.0 Å². The Kier molecular flexibility index (Phi) is 5.98. The minimum Gasteiger partial charge on any atom is -0.390 e. The summed E-state index contributed by atoms with van der Waals surface area (Å²) in [6.07, 6.45) is 4.61. The van der Waals surface area contributed by atoms with E-state index in [9.17, 15) is 17.7 Å². The summed E-state index contributed by atoms with van der Waals surface area (Å²) in [5.41, 5.74) is 0.225. The molecule has 2 N–H and O–H groups in total. The van der Waals surface area contributed by atoms with Gasteiger partial charge in [0.05, 0.1) is 23.3 Å². The van der Waals surface area contributed by atoms with Crippen LogP contribution in [0, 0.1) is 12.7 Å². The first kappa shape index (κ1) is 22.7. The van der Waals surface area contributed by atoms with Gasteiger partial charge >= 0.3 is 0 Å². The molecule has 0 amide bonds. The maximum Gasteiger partial charge on any atom is 0.298 e. The average Bonchev–Trinajstić information content (AvgIpc) is 3.21. The normalized spacial score (nSPS) is 16.9. The van der Waals surface area contributed by atoms with Crippen molar-refractivity contribution in [3.63, 3.8) is 0 Å². The number of hydrogen-bond donors (Lipinski definition) is 2. The maximum absolute atomic E-state index is 14.9. The number of nitrogens with zero attached hydrogens (tertiary/aromatic N) is 3. The number of aliphatic hydroxyl groups is 1. The molecule has 0 bridgehead atoms. The summed E-state index contributed by atoms with van der Waals surface area (Å²) >= 11 is 0. The second-order valence-electron chi connectivity index (χ2n) is 8.16. The third kappa shape index (κ3) is 4.11. The molecule has 170 valence electrons. The zero-order chi connectivity index (χ0) is 23.1. The molecule has 1 atom stereocenters. The summed E-state index contributed by atoms with van der Waals surface area (Å²) in [6.45, 7) is 1.84. The number of aromatic nitrogens is 3. The molecule has 6 nitrogen and oxygen atoms in total. The van der Waals surface area contributed by atoms with Crippen molar-refractivity contribution >= 4 is 29.3 Å². The number of halogens is 3. The molecule has 4 rings (SSSR count). The fraction of sp³-hybridized carbons (Fsp3) is 0.409. The largest absolute Gasteiger partial charge is 0.390 e. The minimum absolute atomic E-state index is 0.0120. The topological polar surface area (TPSA) is 88.0 Å². The van der Waals surface area contributed by atoms with Gasteiger partial charge in [-0.05, 0) is 38.8 Å². The molecule has 32 heavy (non-hydrogen) atoms. The number of alkyl halides is 2. The van der Waals surface area contributed by atoms with E-state index in [1.54, 1.807) is 26.1 Å². The summed E-state index contributed by atoms with van der Waals surface area (Å²) in [5.74, 6) is -3.94. The van der Waals surface area contributed by atoms with E-state index in [1.165, 1.54) is 12.1 Å². The molecule has 3 heterocycles. The van der Waals surface area contributed by atoms with Gasteiger partial charge in [0.1, 0.15) is 36.6 Å². The molecular formula is C22H24F3N4O2P. The van der Waals surface area contributed by atoms with Gasteiger partial charge in [-0.1, -0.05) is 12.1 Å². The molecular weight excluding hydrogens is 440 g/mol. The highest BCUT2D eigenvalue weighted by molar-refractivity contribution is 7.71. The number of aryl methyl sites for hydroxylation is 1. The SMILES string of the molecule is Cc1nc(N[C@H](C)c2cccc(C(F)(F)CO)c2F)c2cc(P3(=O)CCCC3)ncc2n1. The molecule has 1 fully saturated rings. The zero-order valence-electron chi connectivity index (χ0n) is 17.8. The monoisotopic (exact) mass is 464 g/mol. The van der Waals surface area contributed by atoms with E-state index in [4.69, 9.17) is 5.11 Å². The van der Waals surface area contributed by atoms with Gasteiger partial charge in [-0.15, -0.1) is 0 Å². The van der Waals surface area contributed by atoms with Crippen LogP contribution in [0.1, 0.15) is 42.8 Å². The third-order valence-corrected chi connectivity index (χ3v) is 8.98. The Morgan fingerprint density at radius 2 is 1.97 bits per heavy atom. The van der Waals surface area contributed by atoms with Crippen LogP contribution in [-0.2, 0) is 10.5 Å². The van der Waals surface area contributed by atoms with E-state index in [0.29, 0.717) is 40.3 Å². The fourth-order valence-corrected chi connectivity index (χ4v) is 6.86. The van der Waals surface area contributed by atoms with Crippen LogP contribution >= 0.6 is 7.14 Å². The molecule has 1 aliphatic rings. The lowest BCUT2D eigenvalue weighted by atomic mass is 10.00. The van der Waals surface area contributed by atoms with Crippen LogP contribution < -0.4 is 10.8 Å². The standard InChI is InChI=1S/C22H24F3N4O2P/c1-13(15-6-5-7-17(20(15)23)22(24,25)12-30)27-21-16-10-19(32(31)8-3-4-9-32)26-11-18(16)28-14(2)29-21/h5-7,10-11,13,30H,3-4,8-9,12H2,1-2H3,(H,27,28,29)/t13-/m1/s1. The number of nitrogens with one attached hydrogen (secondary N) is 1. The van der Waals surface area contributed by atoms with Crippen molar-refractivity contribution in [2.24, 2.45) is 0 Å². The van der Waals surface area contributed by atoms with E-state index in [-0.39, 0.29) is 5.56 Å². The average molecular weight is 464 g/mol. The second-order valence-corrected chi connectivity index (χ2v) is 11.3. The number of pyridine rings is 1. The van der Waals surface area contributed by atoms with Crippen molar-refractivity contribution in [1.82, 2.24) is 15.0 Å². The number of rotatable bonds is 6. The van der Waals surface area contributed by atoms with Crippen molar-refractivity contribution in [3.05, 3.63) is 53.2 Å². The summed E-state index contributed by atoms with van der Waals surface area (Å²) < 4.78 is 56.0. The van der Waals surface area contributed by atoms with Gasteiger partial charge < -0.3 is 15.0 Å². The zero-order valence-corrected chi connectivity index (χ0v) is 18.7. The molecule has 0 aliphatic carbocycles. The lowest BCUT2D eigenvalue weighted by molar-refractivity contribution is -0.0583. The summed E-state index contributed by atoms with van der Waals surface area (Å²) in [5, 5.41) is 12.6. The van der Waals surface area contributed by atoms with Gasteiger partial charge in [-0.2, -0.15) is 8.78 Å². The molecule has 0 saturated carbocycles. The molecule has 1 aliphatic heterocycles. The number of fused-ring (bicyclic) bond motifs is 1. The van der Waals surface area contributed by atoms with E-state index in [1.807, 2.05) is 0 Å². The van der Waals surface area contributed by atoms with Crippen molar-refractivity contribution < 1.29 is 22.8 Å². The molecule has 1 aromatic carbocycles. The molecule has 2 aromatic heterocycles. The van der Waals surface area contributed by atoms with E-state index in [0.717, 1.165) is 18.9 Å². The first-order chi connectivity index (χ1) is 15.1. The Labute approximate surface area is 183 Å². The quantitative estimate of drug-likeness (QED) is 0.522. The second kappa shape index (κ2) is 8.45. The number of hydrogen-bond acceptors (Lipinski definition) is 6. The van der Waals surface area contributed by atoms with Gasteiger partial charge in [0.25, 0.3) is 5.92 Å². The van der Waals surface area contributed by atoms with Crippen molar-refractivity contribution in [2.45, 2.75) is 38.7 Å². The lowest BCUT2D eigenvalue weighted by Crippen LogP contribution is -2.22. The van der Waals surface area contributed by atoms with E-state index in [2.05, 4.69) is 20.3 Å². The molecule has 10 heteroatoms. The Morgan fingerprint density at radius 1 is 1.25 bits per heavy atom. The van der Waals surface area contributed by atoms with E-state index >= 15 is 0 Å². The van der Waals surface area contributed by atoms with Crippen molar-refractivity contribution in [3.8, 4) is 0 Å². The van der Waals surface area contributed by atoms with Crippen LogP contribution in [0.3, 0.4) is 0 Å². The van der Waals surface area contributed by atoms with Crippen molar-refractivity contribution in [2.75, 3.05) is 24.2 Å². The van der Waals surface area contributed by atoms with Gasteiger partial charge in [-0.3, -0.25) is 4.98 Å². The van der Waals surface area contributed by atoms with Gasteiger partial charge in [-0.25, -0.2) is 14.4 Å². The third-order valence-electron chi connectivity index (χ3n) is 5.83. The summed E-state index contributed by atoms with van der Waals surface area (Å²) in [4.78, 5) is 13.2. The van der Waals surface area contributed by atoms with Gasteiger partial charge in [0.2, 0.25) is 0 Å². The van der Waals surface area contributed by atoms with Gasteiger partial charge in [0, 0.05) is 23.3 Å². The van der Waals surface area contributed by atoms with Crippen LogP contribution in [0.4, 0.5) is 19.0 Å². The predicted octanol–water partition coefficient (Wildman–Crippen LogP) is 4.51. The Hall–Kier alpha value is -2.51. The minimum atomic E-state index is -3.69. The van der Waals surface area contributed by atoms with Crippen LogP contribution in [0.25, 0.3) is 10.9 Å². The number of anilines is 1. The highest BCUT2D eigenvalue weighted by Gasteiger charge is 2.35. The van der Waals surface area contributed by atoms with Gasteiger partial charge in [0.15, 0.2) is 0 Å². The summed E-state index contributed by atoms with van der Waals surface area (Å²) in [7, 11) is -2.55. The Bertz CT molecular complexity index is 1210. The van der Waals surface area contributed by atoms with E-state index < -0.39 is 37.1 Å². The molecule has 0 radical (unpaired) electrons. The highest BCUT2D eigenvalue weighted by atomic mass is 31.2.